The topological polar surface area (TPSA) is 67.9 Å². The molecule has 2 amide bonds. The van der Waals surface area contributed by atoms with Gasteiger partial charge in [-0.15, -0.1) is 0 Å². The third-order valence-electron chi connectivity index (χ3n) is 5.17. The van der Waals surface area contributed by atoms with E-state index >= 15 is 0 Å². The predicted molar refractivity (Wildman–Crippen MR) is 136 cm³/mol. The van der Waals surface area contributed by atoms with Gasteiger partial charge < -0.3 is 14.8 Å². The molecule has 3 aromatic carbocycles. The highest BCUT2D eigenvalue weighted by atomic mass is 16.5. The van der Waals surface area contributed by atoms with E-state index in [1.807, 2.05) is 86.6 Å². The molecule has 0 saturated heterocycles. The molecule has 3 rings (SSSR count). The van der Waals surface area contributed by atoms with Crippen molar-refractivity contribution >= 4 is 23.8 Å². The van der Waals surface area contributed by atoms with E-state index in [1.54, 1.807) is 18.1 Å². The molecule has 0 aliphatic rings. The van der Waals surface area contributed by atoms with Gasteiger partial charge in [-0.3, -0.25) is 4.90 Å². The number of urea groups is 1. The number of benzene rings is 3. The molecular weight excluding hydrogens is 428 g/mol. The van der Waals surface area contributed by atoms with Gasteiger partial charge in [-0.25, -0.2) is 9.59 Å². The van der Waals surface area contributed by atoms with Crippen LogP contribution in [0, 0.1) is 0 Å². The monoisotopic (exact) mass is 458 g/mol. The van der Waals surface area contributed by atoms with Crippen LogP contribution in [0.5, 0.6) is 5.75 Å². The molecule has 0 aliphatic heterocycles. The van der Waals surface area contributed by atoms with Gasteiger partial charge in [-0.1, -0.05) is 48.5 Å². The smallest absolute Gasteiger partial charge is 0.330 e. The third kappa shape index (κ3) is 6.72. The molecule has 0 unspecified atom stereocenters. The van der Waals surface area contributed by atoms with Crippen molar-refractivity contribution in [3.63, 3.8) is 0 Å². The summed E-state index contributed by atoms with van der Waals surface area (Å²) in [5.41, 5.74) is 4.68. The minimum atomic E-state index is -0.434. The van der Waals surface area contributed by atoms with Crippen molar-refractivity contribution in [3.05, 3.63) is 90.0 Å². The summed E-state index contributed by atoms with van der Waals surface area (Å²) in [6.45, 7) is 4.25. The first-order chi connectivity index (χ1) is 16.4. The number of nitrogens with one attached hydrogen (secondary N) is 1. The van der Waals surface area contributed by atoms with Crippen LogP contribution in [0.4, 0.5) is 10.5 Å². The summed E-state index contributed by atoms with van der Waals surface area (Å²) >= 11 is 0. The highest BCUT2D eigenvalue weighted by Gasteiger charge is 2.17. The van der Waals surface area contributed by atoms with Crippen molar-refractivity contribution in [2.24, 2.45) is 0 Å². The number of carbonyl (C=O) groups excluding carboxylic acids is 2. The van der Waals surface area contributed by atoms with Gasteiger partial charge in [0, 0.05) is 17.8 Å². The van der Waals surface area contributed by atoms with Crippen LogP contribution in [-0.2, 0) is 16.1 Å². The average Bonchev–Trinajstić information content (AvgIpc) is 2.86. The minimum absolute atomic E-state index is 0.00477. The number of nitrogens with zero attached hydrogens (tertiary/aromatic N) is 1. The second-order valence-corrected chi connectivity index (χ2v) is 8.07. The lowest BCUT2D eigenvalue weighted by Crippen LogP contribution is -2.42. The highest BCUT2D eigenvalue weighted by molar-refractivity contribution is 5.93. The maximum atomic E-state index is 13.0. The summed E-state index contributed by atoms with van der Waals surface area (Å²) in [6.07, 6.45) is 3.02. The molecule has 0 saturated carbocycles. The minimum Gasteiger partial charge on any atom is -0.497 e. The summed E-state index contributed by atoms with van der Waals surface area (Å²) in [6, 6.07) is 23.3. The van der Waals surface area contributed by atoms with Gasteiger partial charge in [-0.2, -0.15) is 0 Å². The zero-order valence-corrected chi connectivity index (χ0v) is 19.9. The zero-order valence-electron chi connectivity index (χ0n) is 19.9. The maximum absolute atomic E-state index is 13.0. The molecule has 0 fully saturated rings. The lowest BCUT2D eigenvalue weighted by Gasteiger charge is -2.25. The van der Waals surface area contributed by atoms with Gasteiger partial charge in [0.05, 0.1) is 20.8 Å². The number of esters is 1. The molecule has 0 atom stereocenters. The van der Waals surface area contributed by atoms with Gasteiger partial charge >= 0.3 is 12.0 Å². The molecule has 6 heteroatoms. The molecule has 6 nitrogen and oxygen atoms in total. The van der Waals surface area contributed by atoms with Crippen molar-refractivity contribution in [1.82, 2.24) is 5.32 Å². The average molecular weight is 459 g/mol. The lowest BCUT2D eigenvalue weighted by molar-refractivity contribution is -0.134. The van der Waals surface area contributed by atoms with Gasteiger partial charge in [0.2, 0.25) is 0 Å². The van der Waals surface area contributed by atoms with Crippen molar-refractivity contribution in [2.45, 2.75) is 26.4 Å². The van der Waals surface area contributed by atoms with Crippen molar-refractivity contribution in [3.8, 4) is 16.9 Å². The number of amides is 2. The Balaban J connectivity index is 1.84. The van der Waals surface area contributed by atoms with Gasteiger partial charge in [0.1, 0.15) is 5.75 Å². The van der Waals surface area contributed by atoms with E-state index < -0.39 is 5.97 Å². The molecule has 176 valence electrons. The zero-order chi connectivity index (χ0) is 24.5. The first kappa shape index (κ1) is 24.6. The summed E-state index contributed by atoms with van der Waals surface area (Å²) in [4.78, 5) is 26.2. The number of hydrogen-bond donors (Lipinski definition) is 1. The number of rotatable bonds is 8. The normalized spacial score (nSPS) is 10.9. The number of ether oxygens (including phenoxy) is 2. The van der Waals surface area contributed by atoms with Crippen molar-refractivity contribution in [2.75, 3.05) is 19.1 Å². The van der Waals surface area contributed by atoms with Crippen molar-refractivity contribution < 1.29 is 19.1 Å². The van der Waals surface area contributed by atoms with Gasteiger partial charge in [0.25, 0.3) is 0 Å². The van der Waals surface area contributed by atoms with E-state index in [0.717, 1.165) is 33.7 Å². The molecule has 0 radical (unpaired) electrons. The van der Waals surface area contributed by atoms with Crippen LogP contribution in [0.1, 0.15) is 25.0 Å². The molecule has 0 heterocycles. The SMILES string of the molecule is COC(=O)/C=C/c1cccc(N(Cc2ccc(-c3ccc(OC)cc3)cc2)C(=O)NC(C)C)c1. The Morgan fingerprint density at radius 3 is 2.18 bits per heavy atom. The van der Waals surface area contributed by atoms with Crippen molar-refractivity contribution in [1.29, 1.82) is 0 Å². The fourth-order valence-electron chi connectivity index (χ4n) is 3.40. The second kappa shape index (κ2) is 11.7. The summed E-state index contributed by atoms with van der Waals surface area (Å²) in [5.74, 6) is 0.382. The van der Waals surface area contributed by atoms with E-state index in [9.17, 15) is 9.59 Å². The molecule has 0 aliphatic carbocycles. The Morgan fingerprint density at radius 2 is 1.59 bits per heavy atom. The van der Waals surface area contributed by atoms with Gasteiger partial charge in [0.15, 0.2) is 0 Å². The van der Waals surface area contributed by atoms with Crippen LogP contribution in [0.25, 0.3) is 17.2 Å². The number of methoxy groups -OCH3 is 2. The number of carbonyl (C=O) groups is 2. The standard InChI is InChI=1S/C28H30N2O4/c1-20(2)29-28(32)30(25-7-5-6-21(18-25)10-17-27(31)34-4)19-22-8-11-23(12-9-22)24-13-15-26(33-3)16-14-24/h5-18,20H,19H2,1-4H3,(H,29,32)/b17-10+. The predicted octanol–water partition coefficient (Wildman–Crippen LogP) is 5.67. The quantitative estimate of drug-likeness (QED) is 0.349. The summed E-state index contributed by atoms with van der Waals surface area (Å²) in [7, 11) is 2.98. The summed E-state index contributed by atoms with van der Waals surface area (Å²) < 4.78 is 9.89. The van der Waals surface area contributed by atoms with E-state index in [1.165, 1.54) is 13.2 Å². The first-order valence-electron chi connectivity index (χ1n) is 11.1. The number of hydrogen-bond acceptors (Lipinski definition) is 4. The molecule has 34 heavy (non-hydrogen) atoms. The Morgan fingerprint density at radius 1 is 0.941 bits per heavy atom. The van der Waals surface area contributed by atoms with Gasteiger partial charge in [-0.05, 0) is 66.4 Å². The number of anilines is 1. The van der Waals surface area contributed by atoms with Crippen LogP contribution >= 0.6 is 0 Å². The Hall–Kier alpha value is -4.06. The van der Waals surface area contributed by atoms with Crippen LogP contribution in [0.15, 0.2) is 78.9 Å². The van der Waals surface area contributed by atoms with Crippen LogP contribution in [0.2, 0.25) is 0 Å². The fourth-order valence-corrected chi connectivity index (χ4v) is 3.40. The third-order valence-corrected chi connectivity index (χ3v) is 5.17. The lowest BCUT2D eigenvalue weighted by atomic mass is 10.0. The molecule has 1 N–H and O–H groups in total. The molecule has 0 spiro atoms. The van der Waals surface area contributed by atoms with E-state index in [0.29, 0.717) is 6.54 Å². The Labute approximate surface area is 200 Å². The first-order valence-corrected chi connectivity index (χ1v) is 11.1. The molecular formula is C28H30N2O4. The fraction of sp³-hybridized carbons (Fsp3) is 0.214. The molecule has 0 aromatic heterocycles. The Bertz CT molecular complexity index is 1140. The second-order valence-electron chi connectivity index (χ2n) is 8.07. The summed E-state index contributed by atoms with van der Waals surface area (Å²) in [5, 5.41) is 2.97. The molecule has 3 aromatic rings. The van der Waals surface area contributed by atoms with Crippen LogP contribution in [0.3, 0.4) is 0 Å². The van der Waals surface area contributed by atoms with E-state index in [-0.39, 0.29) is 12.1 Å². The maximum Gasteiger partial charge on any atom is 0.330 e. The van der Waals surface area contributed by atoms with E-state index in [4.69, 9.17) is 4.74 Å². The largest absolute Gasteiger partial charge is 0.497 e. The van der Waals surface area contributed by atoms with Crippen LogP contribution in [-0.4, -0.2) is 32.3 Å². The highest BCUT2D eigenvalue weighted by Crippen LogP contribution is 2.25. The van der Waals surface area contributed by atoms with E-state index in [2.05, 4.69) is 10.1 Å². The van der Waals surface area contributed by atoms with Crippen LogP contribution < -0.4 is 15.0 Å². The Kier molecular flexibility index (Phi) is 8.46. The molecule has 0 bridgehead atoms.